The molecule has 3 unspecified atom stereocenters. The van der Waals surface area contributed by atoms with Crippen LogP contribution in [0.5, 0.6) is 5.75 Å². The van der Waals surface area contributed by atoms with Crippen LogP contribution in [0.4, 0.5) is 5.69 Å². The van der Waals surface area contributed by atoms with Gasteiger partial charge >= 0.3 is 0 Å². The van der Waals surface area contributed by atoms with Crippen LogP contribution in [0.2, 0.25) is 0 Å². The number of benzene rings is 2. The third kappa shape index (κ3) is 4.85. The molecule has 6 heteroatoms. The van der Waals surface area contributed by atoms with Crippen LogP contribution in [0.25, 0.3) is 10.9 Å². The predicted octanol–water partition coefficient (Wildman–Crippen LogP) is 6.28. The van der Waals surface area contributed by atoms with E-state index >= 15 is 0 Å². The molecule has 0 spiro atoms. The lowest BCUT2D eigenvalue weighted by molar-refractivity contribution is 0.181. The Labute approximate surface area is 189 Å². The summed E-state index contributed by atoms with van der Waals surface area (Å²) < 4.78 is 6.39. The second-order valence-corrected chi connectivity index (χ2v) is 8.88. The van der Waals surface area contributed by atoms with Crippen molar-refractivity contribution in [2.24, 2.45) is 15.9 Å². The summed E-state index contributed by atoms with van der Waals surface area (Å²) in [5, 5.41) is 11.6. The highest BCUT2D eigenvalue weighted by molar-refractivity contribution is 6.04. The maximum atomic E-state index is 6.39. The summed E-state index contributed by atoms with van der Waals surface area (Å²) in [6, 6.07) is 14.4. The summed E-state index contributed by atoms with van der Waals surface area (Å²) in [6.07, 6.45) is 12.0. The molecule has 1 saturated carbocycles. The van der Waals surface area contributed by atoms with Crippen LogP contribution in [-0.2, 0) is 0 Å². The molecule has 0 bridgehead atoms. The number of rotatable bonds is 5. The molecule has 2 aromatic carbocycles. The van der Waals surface area contributed by atoms with Crippen LogP contribution in [0.3, 0.4) is 0 Å². The fourth-order valence-electron chi connectivity index (χ4n) is 4.72. The molecule has 0 radical (unpaired) electrons. The van der Waals surface area contributed by atoms with Crippen LogP contribution < -0.4 is 10.1 Å². The number of aromatic nitrogens is 2. The molecule has 1 aliphatic carbocycles. The van der Waals surface area contributed by atoms with Crippen molar-refractivity contribution in [2.75, 3.05) is 5.32 Å². The van der Waals surface area contributed by atoms with Gasteiger partial charge in [0.1, 0.15) is 11.6 Å². The lowest BCUT2D eigenvalue weighted by atomic mass is 9.98. The standard InChI is InChI=1S/C26H31N5O/c1-2-18-5-3-7-22(11-9-18)32-23-8-4-6-19(16-23)26-27-14-13-25(30-26)29-21-10-12-24-20(15-21)17-28-31-24/h4,6,8,10,12,14-18,22,26H,2-3,5,7,9,11,13H2,1H3,(H,28,31)(H,29,30). The van der Waals surface area contributed by atoms with Gasteiger partial charge in [-0.15, -0.1) is 0 Å². The molecular weight excluding hydrogens is 398 g/mol. The summed E-state index contributed by atoms with van der Waals surface area (Å²) >= 11 is 0. The molecule has 0 saturated heterocycles. The lowest BCUT2D eigenvalue weighted by Crippen LogP contribution is -2.18. The van der Waals surface area contributed by atoms with Crippen LogP contribution >= 0.6 is 0 Å². The largest absolute Gasteiger partial charge is 0.490 e. The number of hydrogen-bond acceptors (Lipinski definition) is 5. The van der Waals surface area contributed by atoms with Gasteiger partial charge in [-0.2, -0.15) is 5.10 Å². The minimum absolute atomic E-state index is 0.244. The van der Waals surface area contributed by atoms with Gasteiger partial charge in [-0.3, -0.25) is 10.1 Å². The van der Waals surface area contributed by atoms with Crippen LogP contribution in [-0.4, -0.2) is 28.4 Å². The van der Waals surface area contributed by atoms with Crippen LogP contribution in [0, 0.1) is 5.92 Å². The van der Waals surface area contributed by atoms with Gasteiger partial charge in [0.2, 0.25) is 0 Å². The Morgan fingerprint density at radius 1 is 1.09 bits per heavy atom. The van der Waals surface area contributed by atoms with E-state index in [-0.39, 0.29) is 6.17 Å². The van der Waals surface area contributed by atoms with Crippen LogP contribution in [0.15, 0.2) is 58.6 Å². The van der Waals surface area contributed by atoms with E-state index in [2.05, 4.69) is 57.8 Å². The van der Waals surface area contributed by atoms with Gasteiger partial charge in [0.15, 0.2) is 6.17 Å². The molecule has 3 aromatic rings. The second-order valence-electron chi connectivity index (χ2n) is 8.88. The monoisotopic (exact) mass is 429 g/mol. The Balaban J connectivity index is 1.27. The van der Waals surface area contributed by atoms with Gasteiger partial charge < -0.3 is 10.1 Å². The van der Waals surface area contributed by atoms with Gasteiger partial charge in [-0.1, -0.05) is 31.9 Å². The third-order valence-electron chi connectivity index (χ3n) is 6.61. The lowest BCUT2D eigenvalue weighted by Gasteiger charge is -2.20. The zero-order chi connectivity index (χ0) is 21.8. The summed E-state index contributed by atoms with van der Waals surface area (Å²) in [5.74, 6) is 2.70. The quantitative estimate of drug-likeness (QED) is 0.468. The molecule has 2 heterocycles. The average Bonchev–Trinajstić information content (AvgIpc) is 3.17. The average molecular weight is 430 g/mol. The van der Waals surface area contributed by atoms with Crippen LogP contribution in [0.1, 0.15) is 63.6 Å². The maximum absolute atomic E-state index is 6.39. The van der Waals surface area contributed by atoms with Gasteiger partial charge in [0.05, 0.1) is 17.8 Å². The van der Waals surface area contributed by atoms with Gasteiger partial charge in [-0.05, 0) is 61.9 Å². The minimum Gasteiger partial charge on any atom is -0.490 e. The SMILES string of the molecule is CCC1CCCC(Oc2cccc(C3N=CCC(Nc4ccc5[nH]ncc5c4)=N3)c2)CC1. The first kappa shape index (κ1) is 20.7. The predicted molar refractivity (Wildman–Crippen MR) is 131 cm³/mol. The van der Waals surface area contributed by atoms with E-state index in [1.54, 1.807) is 0 Å². The molecule has 166 valence electrons. The van der Waals surface area contributed by atoms with E-state index in [1.165, 1.54) is 25.7 Å². The number of aromatic amines is 1. The summed E-state index contributed by atoms with van der Waals surface area (Å²) in [6.45, 7) is 2.31. The number of aliphatic imine (C=N–C) groups is 2. The number of hydrogen-bond donors (Lipinski definition) is 2. The van der Waals surface area contributed by atoms with Crippen molar-refractivity contribution in [2.45, 2.75) is 64.1 Å². The van der Waals surface area contributed by atoms with E-state index in [0.29, 0.717) is 12.5 Å². The summed E-state index contributed by atoms with van der Waals surface area (Å²) in [5.41, 5.74) is 3.09. The van der Waals surface area contributed by atoms with Crippen molar-refractivity contribution < 1.29 is 4.74 Å². The Hall–Kier alpha value is -3.15. The highest BCUT2D eigenvalue weighted by atomic mass is 16.5. The van der Waals surface area contributed by atoms with E-state index in [4.69, 9.17) is 9.73 Å². The Bertz CT molecular complexity index is 1120. The molecule has 1 fully saturated rings. The maximum Gasteiger partial charge on any atom is 0.166 e. The van der Waals surface area contributed by atoms with E-state index in [9.17, 15) is 0 Å². The van der Waals surface area contributed by atoms with Crippen molar-refractivity contribution in [3.8, 4) is 5.75 Å². The highest BCUT2D eigenvalue weighted by Crippen LogP contribution is 2.30. The second kappa shape index (κ2) is 9.55. The number of nitrogens with one attached hydrogen (secondary N) is 2. The highest BCUT2D eigenvalue weighted by Gasteiger charge is 2.20. The molecule has 3 atom stereocenters. The van der Waals surface area contributed by atoms with E-state index < -0.39 is 0 Å². The number of anilines is 1. The van der Waals surface area contributed by atoms with Gasteiger partial charge in [0, 0.05) is 29.3 Å². The minimum atomic E-state index is -0.244. The fraction of sp³-hybridized carbons (Fsp3) is 0.423. The van der Waals surface area contributed by atoms with E-state index in [0.717, 1.165) is 52.5 Å². The number of H-pyrrole nitrogens is 1. The summed E-state index contributed by atoms with van der Waals surface area (Å²) in [4.78, 5) is 9.50. The van der Waals surface area contributed by atoms with Crippen molar-refractivity contribution in [3.63, 3.8) is 0 Å². The Morgan fingerprint density at radius 2 is 2.06 bits per heavy atom. The molecule has 1 aromatic heterocycles. The van der Waals surface area contributed by atoms with Gasteiger partial charge in [0.25, 0.3) is 0 Å². The molecule has 0 amide bonds. The first-order valence-electron chi connectivity index (χ1n) is 11.8. The first-order valence-corrected chi connectivity index (χ1v) is 11.8. The number of amidine groups is 1. The Morgan fingerprint density at radius 3 is 3.00 bits per heavy atom. The normalized spacial score (nSPS) is 23.5. The molecule has 2 N–H and O–H groups in total. The van der Waals surface area contributed by atoms with Crippen molar-refractivity contribution in [3.05, 3.63) is 54.2 Å². The topological polar surface area (TPSA) is 74.7 Å². The molecular formula is C26H31N5O. The molecule has 1 aliphatic heterocycles. The number of ether oxygens (including phenoxy) is 1. The van der Waals surface area contributed by atoms with Crippen molar-refractivity contribution in [1.29, 1.82) is 0 Å². The molecule has 32 heavy (non-hydrogen) atoms. The molecule has 6 nitrogen and oxygen atoms in total. The van der Waals surface area contributed by atoms with Gasteiger partial charge in [-0.25, -0.2) is 4.99 Å². The van der Waals surface area contributed by atoms with Crippen molar-refractivity contribution in [1.82, 2.24) is 10.2 Å². The Kier molecular flexibility index (Phi) is 6.19. The summed E-state index contributed by atoms with van der Waals surface area (Å²) in [7, 11) is 0. The smallest absolute Gasteiger partial charge is 0.166 e. The number of fused-ring (bicyclic) bond motifs is 1. The van der Waals surface area contributed by atoms with E-state index in [1.807, 2.05) is 24.5 Å². The zero-order valence-electron chi connectivity index (χ0n) is 18.6. The number of nitrogens with zero attached hydrogens (tertiary/aromatic N) is 3. The zero-order valence-corrected chi connectivity index (χ0v) is 18.6. The van der Waals surface area contributed by atoms with Crippen molar-refractivity contribution >= 4 is 28.6 Å². The third-order valence-corrected chi connectivity index (χ3v) is 6.61. The molecule has 2 aliphatic rings. The fourth-order valence-corrected chi connectivity index (χ4v) is 4.72. The first-order chi connectivity index (χ1) is 15.8. The molecule has 5 rings (SSSR count).